The molecule has 0 bridgehead atoms. The quantitative estimate of drug-likeness (QED) is 0.855. The van der Waals surface area contributed by atoms with Gasteiger partial charge in [-0.15, -0.1) is 0 Å². The molecule has 0 aliphatic heterocycles. The SMILES string of the molecule is CCOc1cc(S(=O)(=O)n2cnc(C)c2)ccc1Br. The molecule has 0 unspecified atom stereocenters. The molecule has 0 saturated heterocycles. The third-order valence-electron chi connectivity index (χ3n) is 2.47. The summed E-state index contributed by atoms with van der Waals surface area (Å²) in [5.74, 6) is 0.500. The van der Waals surface area contributed by atoms with Crippen molar-refractivity contribution in [1.82, 2.24) is 8.96 Å². The maximum atomic E-state index is 12.4. The summed E-state index contributed by atoms with van der Waals surface area (Å²) in [6.45, 7) is 4.04. The van der Waals surface area contributed by atoms with Crippen molar-refractivity contribution in [3.63, 3.8) is 0 Å². The van der Waals surface area contributed by atoms with Gasteiger partial charge in [0, 0.05) is 12.3 Å². The van der Waals surface area contributed by atoms with Gasteiger partial charge in [-0.1, -0.05) is 0 Å². The van der Waals surface area contributed by atoms with E-state index in [0.717, 1.165) is 8.45 Å². The van der Waals surface area contributed by atoms with E-state index in [-0.39, 0.29) is 4.90 Å². The minimum absolute atomic E-state index is 0.163. The van der Waals surface area contributed by atoms with Gasteiger partial charge in [-0.3, -0.25) is 0 Å². The van der Waals surface area contributed by atoms with Crippen LogP contribution >= 0.6 is 15.9 Å². The van der Waals surface area contributed by atoms with E-state index in [2.05, 4.69) is 20.9 Å². The zero-order valence-corrected chi connectivity index (χ0v) is 12.9. The van der Waals surface area contributed by atoms with E-state index in [0.29, 0.717) is 18.1 Å². The second-order valence-electron chi connectivity index (χ2n) is 3.88. The van der Waals surface area contributed by atoms with Crippen LogP contribution in [0, 0.1) is 6.92 Å². The highest BCUT2D eigenvalue weighted by atomic mass is 79.9. The zero-order valence-electron chi connectivity index (χ0n) is 10.5. The van der Waals surface area contributed by atoms with Gasteiger partial charge in [0.2, 0.25) is 0 Å². The van der Waals surface area contributed by atoms with Crippen molar-refractivity contribution >= 4 is 26.0 Å². The maximum absolute atomic E-state index is 12.4. The molecule has 1 heterocycles. The molecule has 2 rings (SSSR count). The lowest BCUT2D eigenvalue weighted by Gasteiger charge is -2.09. The molecule has 7 heteroatoms. The number of nitrogens with zero attached hydrogens (tertiary/aromatic N) is 2. The predicted molar refractivity (Wildman–Crippen MR) is 74.9 cm³/mol. The molecule has 1 aromatic heterocycles. The molecule has 0 aliphatic carbocycles. The number of imidazole rings is 1. The minimum Gasteiger partial charge on any atom is -0.493 e. The number of hydrogen-bond donors (Lipinski definition) is 0. The van der Waals surface area contributed by atoms with Crippen LogP contribution in [0.2, 0.25) is 0 Å². The van der Waals surface area contributed by atoms with Crippen molar-refractivity contribution in [2.45, 2.75) is 18.7 Å². The van der Waals surface area contributed by atoms with Gasteiger partial charge >= 0.3 is 0 Å². The summed E-state index contributed by atoms with van der Waals surface area (Å²) in [5, 5.41) is 0. The summed E-state index contributed by atoms with van der Waals surface area (Å²) in [5.41, 5.74) is 0.644. The summed E-state index contributed by atoms with van der Waals surface area (Å²) in [6.07, 6.45) is 2.75. The molecule has 5 nitrogen and oxygen atoms in total. The Hall–Kier alpha value is -1.34. The molecule has 0 radical (unpaired) electrons. The van der Waals surface area contributed by atoms with Crippen molar-refractivity contribution in [3.8, 4) is 5.75 Å². The van der Waals surface area contributed by atoms with Crippen LogP contribution in [0.1, 0.15) is 12.6 Å². The molecular weight excluding hydrogens is 332 g/mol. The average molecular weight is 345 g/mol. The Balaban J connectivity index is 2.49. The Morgan fingerprint density at radius 1 is 1.42 bits per heavy atom. The summed E-state index contributed by atoms with van der Waals surface area (Å²) in [7, 11) is -3.62. The van der Waals surface area contributed by atoms with E-state index in [1.54, 1.807) is 13.0 Å². The topological polar surface area (TPSA) is 61.2 Å². The minimum atomic E-state index is -3.62. The molecule has 0 amide bonds. The molecule has 0 atom stereocenters. The zero-order chi connectivity index (χ0) is 14.0. The molecule has 0 aliphatic rings. The van der Waals surface area contributed by atoms with Crippen LogP contribution < -0.4 is 4.74 Å². The Kier molecular flexibility index (Phi) is 3.96. The van der Waals surface area contributed by atoms with Gasteiger partial charge in [0.1, 0.15) is 12.1 Å². The summed E-state index contributed by atoms with van der Waals surface area (Å²) < 4.78 is 31.9. The number of aromatic nitrogens is 2. The Morgan fingerprint density at radius 2 is 2.16 bits per heavy atom. The lowest BCUT2D eigenvalue weighted by atomic mass is 10.3. The van der Waals surface area contributed by atoms with E-state index in [4.69, 9.17) is 4.74 Å². The van der Waals surface area contributed by atoms with E-state index in [9.17, 15) is 8.42 Å². The van der Waals surface area contributed by atoms with Gasteiger partial charge in [-0.2, -0.15) is 0 Å². The summed E-state index contributed by atoms with van der Waals surface area (Å²) >= 11 is 3.32. The first-order chi connectivity index (χ1) is 8.95. The normalized spacial score (nSPS) is 11.5. The van der Waals surface area contributed by atoms with Gasteiger partial charge < -0.3 is 4.74 Å². The Morgan fingerprint density at radius 3 is 2.74 bits per heavy atom. The van der Waals surface area contributed by atoms with Gasteiger partial charge in [0.15, 0.2) is 0 Å². The Labute approximate surface area is 120 Å². The van der Waals surface area contributed by atoms with Crippen molar-refractivity contribution in [1.29, 1.82) is 0 Å². The molecular formula is C12H13BrN2O3S. The fourth-order valence-corrected chi connectivity index (χ4v) is 3.13. The van der Waals surface area contributed by atoms with Crippen LogP contribution in [0.25, 0.3) is 0 Å². The number of ether oxygens (including phenoxy) is 1. The molecule has 102 valence electrons. The second kappa shape index (κ2) is 5.34. The highest BCUT2D eigenvalue weighted by molar-refractivity contribution is 9.10. The van der Waals surface area contributed by atoms with Crippen molar-refractivity contribution in [2.24, 2.45) is 0 Å². The third-order valence-corrected chi connectivity index (χ3v) is 4.73. The van der Waals surface area contributed by atoms with E-state index in [1.165, 1.54) is 24.7 Å². The third kappa shape index (κ3) is 2.82. The van der Waals surface area contributed by atoms with E-state index in [1.807, 2.05) is 6.92 Å². The second-order valence-corrected chi connectivity index (χ2v) is 6.57. The van der Waals surface area contributed by atoms with Crippen LogP contribution in [-0.4, -0.2) is 24.0 Å². The molecule has 0 spiro atoms. The number of benzene rings is 1. The van der Waals surface area contributed by atoms with Gasteiger partial charge in [0.25, 0.3) is 10.0 Å². The number of rotatable bonds is 4. The van der Waals surface area contributed by atoms with Crippen molar-refractivity contribution < 1.29 is 13.2 Å². The van der Waals surface area contributed by atoms with Crippen LogP contribution in [0.5, 0.6) is 5.75 Å². The van der Waals surface area contributed by atoms with E-state index >= 15 is 0 Å². The first kappa shape index (κ1) is 14.1. The largest absolute Gasteiger partial charge is 0.493 e. The molecule has 1 aromatic carbocycles. The number of aryl methyl sites for hydroxylation is 1. The fraction of sp³-hybridized carbons (Fsp3) is 0.250. The fourth-order valence-electron chi connectivity index (χ4n) is 1.56. The highest BCUT2D eigenvalue weighted by Gasteiger charge is 2.18. The lowest BCUT2D eigenvalue weighted by molar-refractivity contribution is 0.337. The first-order valence-electron chi connectivity index (χ1n) is 5.63. The van der Waals surface area contributed by atoms with Gasteiger partial charge in [-0.05, 0) is 41.9 Å². The van der Waals surface area contributed by atoms with Crippen LogP contribution in [0.3, 0.4) is 0 Å². The van der Waals surface area contributed by atoms with Crippen molar-refractivity contribution in [2.75, 3.05) is 6.61 Å². The first-order valence-corrected chi connectivity index (χ1v) is 7.87. The standard InChI is InChI=1S/C12H13BrN2O3S/c1-3-18-12-6-10(4-5-11(12)13)19(16,17)15-7-9(2)14-8-15/h4-8H,3H2,1-2H3. The monoisotopic (exact) mass is 344 g/mol. The van der Waals surface area contributed by atoms with Crippen molar-refractivity contribution in [3.05, 3.63) is 40.9 Å². The predicted octanol–water partition coefficient (Wildman–Crippen LogP) is 2.59. The molecule has 0 saturated carbocycles. The lowest BCUT2D eigenvalue weighted by Crippen LogP contribution is -2.11. The van der Waals surface area contributed by atoms with Gasteiger partial charge in [-0.25, -0.2) is 17.4 Å². The molecule has 19 heavy (non-hydrogen) atoms. The number of hydrogen-bond acceptors (Lipinski definition) is 4. The smallest absolute Gasteiger partial charge is 0.269 e. The molecule has 0 N–H and O–H groups in total. The summed E-state index contributed by atoms with van der Waals surface area (Å²) in [4.78, 5) is 4.09. The van der Waals surface area contributed by atoms with Crippen LogP contribution in [-0.2, 0) is 10.0 Å². The molecule has 0 fully saturated rings. The van der Waals surface area contributed by atoms with Crippen LogP contribution in [0.4, 0.5) is 0 Å². The van der Waals surface area contributed by atoms with E-state index < -0.39 is 10.0 Å². The highest BCUT2D eigenvalue weighted by Crippen LogP contribution is 2.28. The summed E-state index contributed by atoms with van der Waals surface area (Å²) in [6, 6.07) is 4.68. The number of halogens is 1. The van der Waals surface area contributed by atoms with Gasteiger partial charge in [0.05, 0.1) is 21.7 Å². The maximum Gasteiger partial charge on any atom is 0.269 e. The Bertz CT molecular complexity index is 695. The van der Waals surface area contributed by atoms with Crippen LogP contribution in [0.15, 0.2) is 40.1 Å². The molecule has 2 aromatic rings. The average Bonchev–Trinajstić information content (AvgIpc) is 2.79.